The van der Waals surface area contributed by atoms with Gasteiger partial charge in [0.2, 0.25) is 5.91 Å². The largest absolute Gasteiger partial charge is 0.382 e. The van der Waals surface area contributed by atoms with E-state index in [1.807, 2.05) is 30.1 Å². The van der Waals surface area contributed by atoms with E-state index in [0.29, 0.717) is 56.4 Å². The fourth-order valence-electron chi connectivity index (χ4n) is 5.44. The molecule has 3 aromatic heterocycles. The van der Waals surface area contributed by atoms with Crippen LogP contribution in [0.1, 0.15) is 28.9 Å². The van der Waals surface area contributed by atoms with Crippen molar-refractivity contribution in [3.05, 3.63) is 93.9 Å². The number of nitrogens with one attached hydrogen (secondary N) is 1. The molecule has 0 fully saturated rings. The van der Waals surface area contributed by atoms with E-state index in [1.165, 1.54) is 0 Å². The Labute approximate surface area is 264 Å². The lowest BCUT2D eigenvalue weighted by Gasteiger charge is -2.31. The predicted octanol–water partition coefficient (Wildman–Crippen LogP) is 3.58. The third kappa shape index (κ3) is 6.55. The SMILES string of the molecule is Cc1nc(N)c2[nH]c(=O)n(Cc3ccc4c(c3)Sc3cc(CN(Cc5ccncc5)C(=O)CCOCCN)ccc3N4C)c2n1. The smallest absolute Gasteiger partial charge is 0.328 e. The average Bonchev–Trinajstić information content (AvgIpc) is 3.34. The maximum Gasteiger partial charge on any atom is 0.328 e. The molecule has 6 rings (SSSR count). The van der Waals surface area contributed by atoms with Gasteiger partial charge in [-0.2, -0.15) is 0 Å². The number of nitrogen functional groups attached to an aromatic ring is 1. The van der Waals surface area contributed by atoms with Crippen molar-refractivity contribution in [3.8, 4) is 0 Å². The zero-order valence-electron chi connectivity index (χ0n) is 25.2. The van der Waals surface area contributed by atoms with Gasteiger partial charge in [0, 0.05) is 48.9 Å². The quantitative estimate of drug-likeness (QED) is 0.185. The number of imidazole rings is 1. The van der Waals surface area contributed by atoms with Gasteiger partial charge in [-0.15, -0.1) is 0 Å². The molecule has 0 bridgehead atoms. The summed E-state index contributed by atoms with van der Waals surface area (Å²) in [6.45, 7) is 4.19. The summed E-state index contributed by atoms with van der Waals surface area (Å²) >= 11 is 1.67. The number of ether oxygens (including phenoxy) is 1. The van der Waals surface area contributed by atoms with E-state index in [0.717, 1.165) is 37.9 Å². The van der Waals surface area contributed by atoms with Crippen LogP contribution in [0, 0.1) is 6.92 Å². The number of hydrogen-bond acceptors (Lipinski definition) is 10. The van der Waals surface area contributed by atoms with Crippen LogP contribution in [0.2, 0.25) is 0 Å². The number of hydrogen-bond donors (Lipinski definition) is 3. The van der Waals surface area contributed by atoms with Crippen LogP contribution in [0.25, 0.3) is 11.2 Å². The molecule has 1 aliphatic rings. The van der Waals surface area contributed by atoms with Gasteiger partial charge in [0.15, 0.2) is 11.5 Å². The minimum Gasteiger partial charge on any atom is -0.382 e. The van der Waals surface area contributed by atoms with Crippen LogP contribution in [-0.4, -0.2) is 62.1 Å². The normalized spacial score (nSPS) is 12.3. The molecule has 232 valence electrons. The van der Waals surface area contributed by atoms with Crippen LogP contribution in [0.3, 0.4) is 0 Å². The summed E-state index contributed by atoms with van der Waals surface area (Å²) in [5.41, 5.74) is 17.4. The number of anilines is 3. The van der Waals surface area contributed by atoms with Gasteiger partial charge in [0.25, 0.3) is 0 Å². The lowest BCUT2D eigenvalue weighted by molar-refractivity contribution is -0.133. The van der Waals surface area contributed by atoms with Gasteiger partial charge in [-0.1, -0.05) is 23.9 Å². The molecule has 2 aromatic carbocycles. The molecule has 0 saturated heterocycles. The molecule has 1 amide bonds. The fraction of sp³-hybridized carbons (Fsp3) is 0.281. The highest BCUT2D eigenvalue weighted by molar-refractivity contribution is 7.99. The number of fused-ring (bicyclic) bond motifs is 3. The minimum absolute atomic E-state index is 0.0102. The zero-order chi connectivity index (χ0) is 31.5. The first-order valence-electron chi connectivity index (χ1n) is 14.6. The standard InChI is InChI=1S/C32H35N9O3S/c1-20-36-30(34)29-31(37-20)41(32(43)38-29)19-23-4-6-25-27(16-23)45-26-15-22(3-5-24(26)39(25)2)18-40(17-21-7-11-35-12-8-21)28(42)9-13-44-14-10-33/h3-8,11-12,15-16H,9-10,13-14,17-19,33H2,1-2H3,(H,38,43)(H2,34,36,37). The van der Waals surface area contributed by atoms with Gasteiger partial charge in [-0.25, -0.2) is 14.8 Å². The van der Waals surface area contributed by atoms with Crippen molar-refractivity contribution in [1.82, 2.24) is 29.4 Å². The molecule has 12 nitrogen and oxygen atoms in total. The predicted molar refractivity (Wildman–Crippen MR) is 174 cm³/mol. The van der Waals surface area contributed by atoms with Gasteiger partial charge in [-0.3, -0.25) is 14.3 Å². The molecule has 0 saturated carbocycles. The molecule has 0 aliphatic carbocycles. The first-order chi connectivity index (χ1) is 21.8. The maximum absolute atomic E-state index is 13.3. The molecule has 0 radical (unpaired) electrons. The lowest BCUT2D eigenvalue weighted by atomic mass is 10.1. The van der Waals surface area contributed by atoms with Crippen molar-refractivity contribution < 1.29 is 9.53 Å². The van der Waals surface area contributed by atoms with Crippen molar-refractivity contribution in [2.24, 2.45) is 5.73 Å². The van der Waals surface area contributed by atoms with E-state index in [4.69, 9.17) is 16.2 Å². The lowest BCUT2D eigenvalue weighted by Crippen LogP contribution is -2.31. The summed E-state index contributed by atoms with van der Waals surface area (Å²) in [5, 5.41) is 0. The number of carbonyl (C=O) groups is 1. The van der Waals surface area contributed by atoms with Crippen molar-refractivity contribution in [2.75, 3.05) is 37.4 Å². The molecule has 13 heteroatoms. The molecule has 5 N–H and O–H groups in total. The number of carbonyl (C=O) groups excluding carboxylic acids is 1. The molecule has 45 heavy (non-hydrogen) atoms. The molecular weight excluding hydrogens is 590 g/mol. The third-order valence-electron chi connectivity index (χ3n) is 7.67. The topological polar surface area (TPSA) is 161 Å². The number of amides is 1. The van der Waals surface area contributed by atoms with Crippen LogP contribution in [-0.2, 0) is 29.2 Å². The fourth-order valence-corrected chi connectivity index (χ4v) is 6.71. The molecular formula is C32H35N9O3S. The van der Waals surface area contributed by atoms with E-state index in [1.54, 1.807) is 35.6 Å². The Hall–Kier alpha value is -4.72. The highest BCUT2D eigenvalue weighted by Crippen LogP contribution is 2.48. The summed E-state index contributed by atoms with van der Waals surface area (Å²) in [4.78, 5) is 47.8. The van der Waals surface area contributed by atoms with Gasteiger partial charge in [0.05, 0.1) is 37.6 Å². The third-order valence-corrected chi connectivity index (χ3v) is 8.76. The maximum atomic E-state index is 13.3. The van der Waals surface area contributed by atoms with E-state index in [2.05, 4.69) is 55.2 Å². The number of H-pyrrole nitrogens is 1. The summed E-state index contributed by atoms with van der Waals surface area (Å²) in [6.07, 6.45) is 3.75. The number of rotatable bonds is 11. The Morgan fingerprint density at radius 2 is 1.67 bits per heavy atom. The van der Waals surface area contributed by atoms with E-state index in [-0.39, 0.29) is 23.8 Å². The Kier molecular flexibility index (Phi) is 8.83. The van der Waals surface area contributed by atoms with Crippen LogP contribution < -0.4 is 22.1 Å². The monoisotopic (exact) mass is 625 g/mol. The molecule has 0 spiro atoms. The Balaban J connectivity index is 1.24. The summed E-state index contributed by atoms with van der Waals surface area (Å²) in [5.74, 6) is 0.768. The van der Waals surface area contributed by atoms with Crippen LogP contribution >= 0.6 is 11.8 Å². The second-order valence-electron chi connectivity index (χ2n) is 10.9. The number of aryl methyl sites for hydroxylation is 1. The first kappa shape index (κ1) is 30.3. The van der Waals surface area contributed by atoms with E-state index < -0.39 is 0 Å². The van der Waals surface area contributed by atoms with E-state index in [9.17, 15) is 9.59 Å². The Morgan fingerprint density at radius 1 is 0.978 bits per heavy atom. The van der Waals surface area contributed by atoms with Crippen molar-refractivity contribution in [1.29, 1.82) is 0 Å². The highest BCUT2D eigenvalue weighted by atomic mass is 32.2. The van der Waals surface area contributed by atoms with Crippen LogP contribution in [0.15, 0.2) is 75.5 Å². The summed E-state index contributed by atoms with van der Waals surface area (Å²) in [6, 6.07) is 16.4. The summed E-state index contributed by atoms with van der Waals surface area (Å²) < 4.78 is 7.06. The average molecular weight is 626 g/mol. The number of nitrogens with zero attached hydrogens (tertiary/aromatic N) is 6. The highest BCUT2D eigenvalue weighted by Gasteiger charge is 2.23. The van der Waals surface area contributed by atoms with Crippen LogP contribution in [0.5, 0.6) is 0 Å². The van der Waals surface area contributed by atoms with Crippen molar-refractivity contribution in [2.45, 2.75) is 42.8 Å². The summed E-state index contributed by atoms with van der Waals surface area (Å²) in [7, 11) is 2.05. The minimum atomic E-state index is -0.286. The molecule has 0 unspecified atom stereocenters. The van der Waals surface area contributed by atoms with Crippen LogP contribution in [0.4, 0.5) is 17.2 Å². The van der Waals surface area contributed by atoms with Gasteiger partial charge in [-0.05, 0) is 60.0 Å². The number of nitrogens with two attached hydrogens (primary N) is 2. The Morgan fingerprint density at radius 3 is 2.40 bits per heavy atom. The second kappa shape index (κ2) is 13.1. The molecule has 4 heterocycles. The van der Waals surface area contributed by atoms with Gasteiger partial charge >= 0.3 is 5.69 Å². The first-order valence-corrected chi connectivity index (χ1v) is 15.5. The van der Waals surface area contributed by atoms with Gasteiger partial charge in [0.1, 0.15) is 11.3 Å². The van der Waals surface area contributed by atoms with Crippen molar-refractivity contribution >= 4 is 46.0 Å². The van der Waals surface area contributed by atoms with Crippen molar-refractivity contribution in [3.63, 3.8) is 0 Å². The van der Waals surface area contributed by atoms with Gasteiger partial charge < -0.3 is 31.0 Å². The number of benzene rings is 2. The molecule has 5 aromatic rings. The number of pyridine rings is 1. The molecule has 1 aliphatic heterocycles. The number of aromatic amines is 1. The second-order valence-corrected chi connectivity index (χ2v) is 12.0. The number of aromatic nitrogens is 5. The molecule has 0 atom stereocenters. The van der Waals surface area contributed by atoms with E-state index >= 15 is 0 Å². The zero-order valence-corrected chi connectivity index (χ0v) is 26.0. The Bertz CT molecular complexity index is 1910.